The molecule has 0 amide bonds. The van der Waals surface area contributed by atoms with E-state index in [0.29, 0.717) is 16.8 Å². The van der Waals surface area contributed by atoms with Crippen LogP contribution >= 0.6 is 0 Å². The third kappa shape index (κ3) is 2.76. The van der Waals surface area contributed by atoms with Crippen LogP contribution in [0.3, 0.4) is 0 Å². The van der Waals surface area contributed by atoms with Crippen LogP contribution in [0, 0.1) is 0 Å². The third-order valence-corrected chi connectivity index (χ3v) is 4.61. The summed E-state index contributed by atoms with van der Waals surface area (Å²) in [5, 5.41) is 1.60. The van der Waals surface area contributed by atoms with Gasteiger partial charge in [-0.15, -0.1) is 0 Å². The number of rotatable bonds is 4. The fourth-order valence-electron chi connectivity index (χ4n) is 3.55. The summed E-state index contributed by atoms with van der Waals surface area (Å²) in [6, 6.07) is 18.2. The zero-order valence-electron chi connectivity index (χ0n) is 14.7. The van der Waals surface area contributed by atoms with Gasteiger partial charge in [0.15, 0.2) is 0 Å². The van der Waals surface area contributed by atoms with Crippen LogP contribution in [-0.2, 0) is 4.74 Å². The van der Waals surface area contributed by atoms with Crippen molar-refractivity contribution in [3.63, 3.8) is 0 Å². The highest BCUT2D eigenvalue weighted by Crippen LogP contribution is 2.40. The Morgan fingerprint density at radius 2 is 1.74 bits per heavy atom. The van der Waals surface area contributed by atoms with Crippen molar-refractivity contribution in [1.29, 1.82) is 0 Å². The van der Waals surface area contributed by atoms with Crippen LogP contribution in [0.5, 0.6) is 0 Å². The van der Waals surface area contributed by atoms with E-state index < -0.39 is 12.4 Å². The molecule has 0 bridgehead atoms. The van der Waals surface area contributed by atoms with E-state index in [1.54, 1.807) is 41.8 Å². The van der Waals surface area contributed by atoms with Crippen molar-refractivity contribution in [3.05, 3.63) is 78.0 Å². The van der Waals surface area contributed by atoms with Crippen molar-refractivity contribution in [2.75, 3.05) is 6.61 Å². The van der Waals surface area contributed by atoms with Gasteiger partial charge in [-0.1, -0.05) is 54.6 Å². The van der Waals surface area contributed by atoms with Crippen molar-refractivity contribution in [3.8, 4) is 11.3 Å². The van der Waals surface area contributed by atoms with Crippen LogP contribution in [0.1, 0.15) is 29.3 Å². The van der Waals surface area contributed by atoms with E-state index in [9.17, 15) is 13.6 Å². The summed E-state index contributed by atoms with van der Waals surface area (Å²) in [5.74, 6) is -0.733. The summed E-state index contributed by atoms with van der Waals surface area (Å²) in [6.45, 7) is 1.78. The molecule has 2 aromatic heterocycles. The standard InChI is InChI=1S/C22H17F2NO2/c1-2-27-22(26)18-17(21(23)24)19(15-9-4-3-5-10-15)25-13-12-14-8-6-7-11-16(14)20(18)25/h3-13,21H,2H2,1H3. The van der Waals surface area contributed by atoms with Gasteiger partial charge < -0.3 is 9.14 Å². The Hall–Kier alpha value is -3.21. The Bertz CT molecular complexity index is 1130. The van der Waals surface area contributed by atoms with Crippen molar-refractivity contribution in [1.82, 2.24) is 4.40 Å². The summed E-state index contributed by atoms with van der Waals surface area (Å²) >= 11 is 0. The van der Waals surface area contributed by atoms with E-state index in [1.165, 1.54) is 0 Å². The van der Waals surface area contributed by atoms with E-state index in [4.69, 9.17) is 4.74 Å². The lowest BCUT2D eigenvalue weighted by molar-refractivity contribution is 0.0519. The molecule has 0 aliphatic carbocycles. The number of carbonyl (C=O) groups excluding carboxylic acids is 1. The molecule has 4 aromatic rings. The Kier molecular flexibility index (Phi) is 4.36. The first-order valence-electron chi connectivity index (χ1n) is 8.69. The van der Waals surface area contributed by atoms with Gasteiger partial charge in [-0.3, -0.25) is 0 Å². The monoisotopic (exact) mass is 365 g/mol. The number of aromatic nitrogens is 1. The number of fused-ring (bicyclic) bond motifs is 3. The van der Waals surface area contributed by atoms with E-state index in [1.807, 2.05) is 36.4 Å². The molecule has 2 heterocycles. The zero-order valence-corrected chi connectivity index (χ0v) is 14.7. The molecule has 0 spiro atoms. The molecule has 5 heteroatoms. The van der Waals surface area contributed by atoms with Gasteiger partial charge in [0.05, 0.1) is 28.9 Å². The molecule has 0 unspecified atom stereocenters. The van der Waals surface area contributed by atoms with Crippen molar-refractivity contribution < 1.29 is 18.3 Å². The third-order valence-electron chi connectivity index (χ3n) is 4.61. The summed E-state index contributed by atoms with van der Waals surface area (Å²) in [4.78, 5) is 12.7. The lowest BCUT2D eigenvalue weighted by Gasteiger charge is -2.07. The lowest BCUT2D eigenvalue weighted by atomic mass is 10.0. The van der Waals surface area contributed by atoms with Gasteiger partial charge in [0, 0.05) is 11.6 Å². The van der Waals surface area contributed by atoms with Crippen LogP contribution in [0.2, 0.25) is 0 Å². The van der Waals surface area contributed by atoms with Gasteiger partial charge in [-0.05, 0) is 23.9 Å². The average Bonchev–Trinajstić information content (AvgIpc) is 3.05. The number of pyridine rings is 1. The Balaban J connectivity index is 2.21. The molecule has 0 aliphatic heterocycles. The molecule has 0 saturated heterocycles. The van der Waals surface area contributed by atoms with Crippen LogP contribution in [-0.4, -0.2) is 17.0 Å². The van der Waals surface area contributed by atoms with Gasteiger partial charge >= 0.3 is 5.97 Å². The number of benzene rings is 2. The number of ether oxygens (including phenoxy) is 1. The molecule has 3 nitrogen and oxygen atoms in total. The Morgan fingerprint density at radius 1 is 1.04 bits per heavy atom. The van der Waals surface area contributed by atoms with Gasteiger partial charge in [-0.2, -0.15) is 0 Å². The maximum absolute atomic E-state index is 14.2. The lowest BCUT2D eigenvalue weighted by Crippen LogP contribution is -2.07. The highest BCUT2D eigenvalue weighted by atomic mass is 19.3. The minimum absolute atomic E-state index is 0.0671. The number of halogens is 2. The highest BCUT2D eigenvalue weighted by Gasteiger charge is 2.31. The minimum Gasteiger partial charge on any atom is -0.462 e. The average molecular weight is 365 g/mol. The molecule has 0 fully saturated rings. The summed E-state index contributed by atoms with van der Waals surface area (Å²) in [6.07, 6.45) is -1.09. The zero-order chi connectivity index (χ0) is 19.0. The van der Waals surface area contributed by atoms with Crippen LogP contribution in [0.25, 0.3) is 27.5 Å². The van der Waals surface area contributed by atoms with Crippen molar-refractivity contribution in [2.24, 2.45) is 0 Å². The van der Waals surface area contributed by atoms with Crippen LogP contribution < -0.4 is 0 Å². The first-order chi connectivity index (χ1) is 13.1. The number of alkyl halides is 2. The number of hydrogen-bond acceptors (Lipinski definition) is 2. The van der Waals surface area contributed by atoms with Crippen molar-refractivity contribution >= 4 is 22.3 Å². The molecule has 0 aliphatic rings. The number of hydrogen-bond donors (Lipinski definition) is 0. The molecule has 0 N–H and O–H groups in total. The summed E-state index contributed by atoms with van der Waals surface area (Å²) < 4.78 is 35.2. The molecule has 2 aromatic carbocycles. The van der Waals surface area contributed by atoms with E-state index >= 15 is 0 Å². The van der Waals surface area contributed by atoms with E-state index in [2.05, 4.69) is 0 Å². The predicted octanol–water partition coefficient (Wildman–Crippen LogP) is 5.87. The normalized spacial score (nSPS) is 11.4. The number of esters is 1. The topological polar surface area (TPSA) is 30.7 Å². The van der Waals surface area contributed by atoms with E-state index in [0.717, 1.165) is 10.8 Å². The van der Waals surface area contributed by atoms with Crippen LogP contribution in [0.15, 0.2) is 66.9 Å². The largest absolute Gasteiger partial charge is 0.462 e. The molecular formula is C22H17F2NO2. The molecular weight excluding hydrogens is 348 g/mol. The van der Waals surface area contributed by atoms with Gasteiger partial charge in [0.2, 0.25) is 0 Å². The van der Waals surface area contributed by atoms with E-state index in [-0.39, 0.29) is 17.7 Å². The van der Waals surface area contributed by atoms with Gasteiger partial charge in [0.1, 0.15) is 0 Å². The number of carbonyl (C=O) groups is 1. The smallest absolute Gasteiger partial charge is 0.340 e. The Morgan fingerprint density at radius 3 is 2.44 bits per heavy atom. The molecule has 27 heavy (non-hydrogen) atoms. The molecule has 4 rings (SSSR count). The second-order valence-corrected chi connectivity index (χ2v) is 6.15. The molecule has 0 radical (unpaired) electrons. The number of nitrogens with zero attached hydrogens (tertiary/aromatic N) is 1. The fourth-order valence-corrected chi connectivity index (χ4v) is 3.55. The quantitative estimate of drug-likeness (QED) is 0.423. The molecule has 0 atom stereocenters. The highest BCUT2D eigenvalue weighted by molar-refractivity contribution is 6.11. The van der Waals surface area contributed by atoms with Crippen molar-refractivity contribution in [2.45, 2.75) is 13.3 Å². The maximum Gasteiger partial charge on any atom is 0.340 e. The first-order valence-corrected chi connectivity index (χ1v) is 8.69. The van der Waals surface area contributed by atoms with Gasteiger partial charge in [0.25, 0.3) is 6.43 Å². The maximum atomic E-state index is 14.2. The second kappa shape index (κ2) is 6.83. The molecule has 0 saturated carbocycles. The Labute approximate surface area is 154 Å². The molecule has 136 valence electrons. The summed E-state index contributed by atoms with van der Waals surface area (Å²) in [5.41, 5.74) is 1.02. The predicted molar refractivity (Wildman–Crippen MR) is 101 cm³/mol. The SMILES string of the molecule is CCOC(=O)c1c(C(F)F)c(-c2ccccc2)n2ccc3ccccc3c12. The fraction of sp³-hybridized carbons (Fsp3) is 0.136. The second-order valence-electron chi connectivity index (χ2n) is 6.15. The minimum atomic E-state index is -2.82. The first kappa shape index (κ1) is 17.2. The van der Waals surface area contributed by atoms with Gasteiger partial charge in [-0.25, -0.2) is 13.6 Å². The van der Waals surface area contributed by atoms with Crippen LogP contribution in [0.4, 0.5) is 8.78 Å². The summed E-state index contributed by atoms with van der Waals surface area (Å²) in [7, 11) is 0.